The summed E-state index contributed by atoms with van der Waals surface area (Å²) in [7, 11) is 0. The van der Waals surface area contributed by atoms with Crippen molar-refractivity contribution in [3.8, 4) is 0 Å². The van der Waals surface area contributed by atoms with Crippen LogP contribution in [0.15, 0.2) is 12.5 Å². The molecule has 0 aliphatic rings. The van der Waals surface area contributed by atoms with Crippen LogP contribution in [0.4, 0.5) is 0 Å². The molecule has 86 valence electrons. The molecule has 0 aromatic carbocycles. The van der Waals surface area contributed by atoms with Gasteiger partial charge in [-0.25, -0.2) is 4.98 Å². The van der Waals surface area contributed by atoms with E-state index in [1.54, 1.807) is 0 Å². The maximum atomic E-state index is 5.43. The number of nitrogens with zero attached hydrogens (tertiary/aromatic N) is 2. The molecule has 0 atom stereocenters. The number of hydrogen-bond donors (Lipinski definition) is 2. The Morgan fingerprint density at radius 1 is 1.47 bits per heavy atom. The Morgan fingerprint density at radius 2 is 2.27 bits per heavy atom. The van der Waals surface area contributed by atoms with E-state index < -0.39 is 0 Å². The van der Waals surface area contributed by atoms with E-state index in [0.717, 1.165) is 32.5 Å². The summed E-state index contributed by atoms with van der Waals surface area (Å²) >= 11 is 0. The van der Waals surface area contributed by atoms with Crippen LogP contribution in [0.1, 0.15) is 38.4 Å². The molecule has 4 heteroatoms. The fourth-order valence-corrected chi connectivity index (χ4v) is 1.54. The number of rotatable bonds is 7. The van der Waals surface area contributed by atoms with Crippen molar-refractivity contribution >= 4 is 0 Å². The lowest BCUT2D eigenvalue weighted by Crippen LogP contribution is -2.18. The van der Waals surface area contributed by atoms with Gasteiger partial charge in [0.15, 0.2) is 0 Å². The van der Waals surface area contributed by atoms with Crippen molar-refractivity contribution in [1.82, 2.24) is 14.9 Å². The smallest absolute Gasteiger partial charge is 0.0951 e. The fourth-order valence-electron chi connectivity index (χ4n) is 1.54. The zero-order chi connectivity index (χ0) is 11.1. The Kier molecular flexibility index (Phi) is 5.36. The maximum absolute atomic E-state index is 5.43. The highest BCUT2D eigenvalue weighted by Crippen LogP contribution is 2.08. The highest BCUT2D eigenvalue weighted by atomic mass is 15.1. The lowest BCUT2D eigenvalue weighted by Gasteiger charge is -2.12. The molecule has 0 spiro atoms. The third kappa shape index (κ3) is 4.01. The van der Waals surface area contributed by atoms with Crippen LogP contribution in [0.5, 0.6) is 0 Å². The second-order valence-corrected chi connectivity index (χ2v) is 4.06. The zero-order valence-electron chi connectivity index (χ0n) is 9.74. The van der Waals surface area contributed by atoms with Crippen LogP contribution in [0.25, 0.3) is 0 Å². The molecule has 0 aliphatic carbocycles. The predicted octanol–water partition coefficient (Wildman–Crippen LogP) is 1.29. The number of aromatic nitrogens is 2. The Balaban J connectivity index is 2.28. The second kappa shape index (κ2) is 6.58. The molecule has 0 saturated heterocycles. The molecular weight excluding hydrogens is 188 g/mol. The minimum absolute atomic E-state index is 0.480. The average molecular weight is 210 g/mol. The summed E-state index contributed by atoms with van der Waals surface area (Å²) in [5.41, 5.74) is 6.68. The van der Waals surface area contributed by atoms with Crippen molar-refractivity contribution in [2.75, 3.05) is 13.1 Å². The molecule has 0 aliphatic heterocycles. The summed E-state index contributed by atoms with van der Waals surface area (Å²) in [5.74, 6) is 0. The van der Waals surface area contributed by atoms with Crippen LogP contribution in [0.3, 0.4) is 0 Å². The summed E-state index contributed by atoms with van der Waals surface area (Å²) in [6.07, 6.45) is 6.06. The number of unbranched alkanes of at least 4 members (excludes halogenated alkanes) is 1. The minimum atomic E-state index is 0.480. The highest BCUT2D eigenvalue weighted by molar-refractivity contribution is 4.99. The van der Waals surface area contributed by atoms with Gasteiger partial charge in [-0.15, -0.1) is 0 Å². The topological polar surface area (TPSA) is 55.9 Å². The van der Waals surface area contributed by atoms with E-state index in [2.05, 4.69) is 28.7 Å². The molecule has 0 radical (unpaired) electrons. The van der Waals surface area contributed by atoms with Crippen LogP contribution in [-0.2, 0) is 6.54 Å². The molecular formula is C11H22N4. The van der Waals surface area contributed by atoms with Crippen LogP contribution in [0, 0.1) is 0 Å². The quantitative estimate of drug-likeness (QED) is 0.667. The molecule has 0 amide bonds. The van der Waals surface area contributed by atoms with E-state index in [9.17, 15) is 0 Å². The van der Waals surface area contributed by atoms with Crippen molar-refractivity contribution < 1.29 is 0 Å². The highest BCUT2D eigenvalue weighted by Gasteiger charge is 2.03. The van der Waals surface area contributed by atoms with Gasteiger partial charge in [0.1, 0.15) is 0 Å². The van der Waals surface area contributed by atoms with Gasteiger partial charge in [-0.1, -0.05) is 0 Å². The van der Waals surface area contributed by atoms with Crippen molar-refractivity contribution in [3.05, 3.63) is 18.2 Å². The summed E-state index contributed by atoms with van der Waals surface area (Å²) < 4.78 is 2.19. The molecule has 1 aromatic heterocycles. The number of imidazole rings is 1. The molecule has 1 aromatic rings. The van der Waals surface area contributed by atoms with Gasteiger partial charge < -0.3 is 15.6 Å². The largest absolute Gasteiger partial charge is 0.331 e. The Bertz CT molecular complexity index is 267. The third-order valence-electron chi connectivity index (χ3n) is 2.42. The molecule has 0 saturated carbocycles. The first-order valence-corrected chi connectivity index (χ1v) is 5.67. The molecule has 3 N–H and O–H groups in total. The van der Waals surface area contributed by atoms with Crippen LogP contribution >= 0.6 is 0 Å². The van der Waals surface area contributed by atoms with Crippen LogP contribution < -0.4 is 11.1 Å². The lowest BCUT2D eigenvalue weighted by atomic mass is 10.3. The van der Waals surface area contributed by atoms with E-state index in [-0.39, 0.29) is 0 Å². The van der Waals surface area contributed by atoms with Crippen molar-refractivity contribution in [1.29, 1.82) is 0 Å². The summed E-state index contributed by atoms with van der Waals surface area (Å²) in [5, 5.41) is 3.40. The first-order chi connectivity index (χ1) is 7.25. The fraction of sp³-hybridized carbons (Fsp3) is 0.727. The molecule has 0 bridgehead atoms. The van der Waals surface area contributed by atoms with Crippen molar-refractivity contribution in [2.45, 2.75) is 39.3 Å². The van der Waals surface area contributed by atoms with Gasteiger partial charge in [0.05, 0.1) is 12.0 Å². The van der Waals surface area contributed by atoms with E-state index >= 15 is 0 Å². The molecule has 1 rings (SSSR count). The van der Waals surface area contributed by atoms with E-state index in [1.165, 1.54) is 5.69 Å². The summed E-state index contributed by atoms with van der Waals surface area (Å²) in [6, 6.07) is 0.480. The Labute approximate surface area is 91.9 Å². The standard InChI is InChI=1S/C11H22N4/c1-10(2)15-9-14-8-11(15)7-13-6-4-3-5-12/h8-10,13H,3-7,12H2,1-2H3. The van der Waals surface area contributed by atoms with Crippen LogP contribution in [-0.4, -0.2) is 22.6 Å². The number of nitrogens with two attached hydrogens (primary N) is 1. The van der Waals surface area contributed by atoms with Gasteiger partial charge in [0.25, 0.3) is 0 Å². The normalized spacial score (nSPS) is 11.2. The molecule has 15 heavy (non-hydrogen) atoms. The first-order valence-electron chi connectivity index (χ1n) is 5.67. The van der Waals surface area contributed by atoms with E-state index in [0.29, 0.717) is 6.04 Å². The Morgan fingerprint density at radius 3 is 2.93 bits per heavy atom. The summed E-state index contributed by atoms with van der Waals surface area (Å²) in [4.78, 5) is 4.16. The van der Waals surface area contributed by atoms with Gasteiger partial charge in [-0.2, -0.15) is 0 Å². The van der Waals surface area contributed by atoms with Gasteiger partial charge in [-0.3, -0.25) is 0 Å². The second-order valence-electron chi connectivity index (χ2n) is 4.06. The van der Waals surface area contributed by atoms with Gasteiger partial charge in [-0.05, 0) is 39.8 Å². The number of nitrogens with one attached hydrogen (secondary N) is 1. The monoisotopic (exact) mass is 210 g/mol. The first kappa shape index (κ1) is 12.2. The van der Waals surface area contributed by atoms with Crippen LogP contribution in [0.2, 0.25) is 0 Å². The van der Waals surface area contributed by atoms with E-state index in [1.807, 2.05) is 12.5 Å². The lowest BCUT2D eigenvalue weighted by molar-refractivity contribution is 0.544. The van der Waals surface area contributed by atoms with Gasteiger partial charge >= 0.3 is 0 Å². The minimum Gasteiger partial charge on any atom is -0.331 e. The SMILES string of the molecule is CC(C)n1cncc1CNCCCCN. The summed E-state index contributed by atoms with van der Waals surface area (Å²) in [6.45, 7) is 7.04. The maximum Gasteiger partial charge on any atom is 0.0951 e. The number of hydrogen-bond acceptors (Lipinski definition) is 3. The zero-order valence-corrected chi connectivity index (χ0v) is 9.74. The van der Waals surface area contributed by atoms with Gasteiger partial charge in [0.2, 0.25) is 0 Å². The molecule has 1 heterocycles. The third-order valence-corrected chi connectivity index (χ3v) is 2.42. The Hall–Kier alpha value is -0.870. The average Bonchev–Trinajstić information content (AvgIpc) is 2.66. The van der Waals surface area contributed by atoms with Crippen molar-refractivity contribution in [2.24, 2.45) is 5.73 Å². The van der Waals surface area contributed by atoms with E-state index in [4.69, 9.17) is 5.73 Å². The molecule has 4 nitrogen and oxygen atoms in total. The predicted molar refractivity (Wildman–Crippen MR) is 62.6 cm³/mol. The van der Waals surface area contributed by atoms with Crippen molar-refractivity contribution in [3.63, 3.8) is 0 Å². The van der Waals surface area contributed by atoms with Gasteiger partial charge in [0, 0.05) is 18.8 Å². The molecule has 0 unspecified atom stereocenters. The molecule has 0 fully saturated rings.